The average molecular weight is 347 g/mol. The van der Waals surface area contributed by atoms with Gasteiger partial charge in [-0.15, -0.1) is 6.58 Å². The molecule has 26 heavy (non-hydrogen) atoms. The van der Waals surface area contributed by atoms with Crippen LogP contribution in [0.4, 0.5) is 5.69 Å². The summed E-state index contributed by atoms with van der Waals surface area (Å²) in [5.41, 5.74) is 5.85. The standard InChI is InChI=1S/C19H18N2.C3H6.C2H6/c1-3-15-10-9-14(2)11-18(15)21-19-12-17(13-20-19)16-7-5-4-6-8-16;1-3-2;1-2/h3-11,13H,1,12H2,2H3,(H,20,21);3H,1H2,2H3;1-2H3. The Morgan fingerprint density at radius 2 is 1.69 bits per heavy atom. The van der Waals surface area contributed by atoms with Crippen molar-refractivity contribution in [2.24, 2.45) is 4.99 Å². The van der Waals surface area contributed by atoms with Crippen LogP contribution >= 0.6 is 0 Å². The Morgan fingerprint density at radius 1 is 1.04 bits per heavy atom. The fourth-order valence-corrected chi connectivity index (χ4v) is 2.44. The number of hydrogen-bond donors (Lipinski definition) is 1. The van der Waals surface area contributed by atoms with Gasteiger partial charge >= 0.3 is 0 Å². The molecule has 2 nitrogen and oxygen atoms in total. The summed E-state index contributed by atoms with van der Waals surface area (Å²) in [6.45, 7) is 15.2. The second kappa shape index (κ2) is 11.6. The lowest BCUT2D eigenvalue weighted by Crippen LogP contribution is -2.10. The van der Waals surface area contributed by atoms with Gasteiger partial charge in [-0.1, -0.05) is 75.0 Å². The number of amidine groups is 1. The number of anilines is 1. The fraction of sp³-hybridized carbons (Fsp3) is 0.208. The summed E-state index contributed by atoms with van der Waals surface area (Å²) >= 11 is 0. The molecule has 2 heteroatoms. The Labute approximate surface area is 158 Å². The highest BCUT2D eigenvalue weighted by molar-refractivity contribution is 6.05. The highest BCUT2D eigenvalue weighted by Crippen LogP contribution is 2.26. The predicted molar refractivity (Wildman–Crippen MR) is 119 cm³/mol. The first-order chi connectivity index (χ1) is 12.7. The van der Waals surface area contributed by atoms with Gasteiger partial charge in [0.15, 0.2) is 0 Å². The summed E-state index contributed by atoms with van der Waals surface area (Å²) in [4.78, 5) is 4.50. The van der Waals surface area contributed by atoms with E-state index in [1.54, 1.807) is 6.08 Å². The highest BCUT2D eigenvalue weighted by Gasteiger charge is 2.13. The molecule has 1 heterocycles. The molecule has 1 aliphatic heterocycles. The minimum Gasteiger partial charge on any atom is -0.343 e. The Morgan fingerprint density at radius 3 is 2.31 bits per heavy atom. The van der Waals surface area contributed by atoms with Crippen molar-refractivity contribution in [3.8, 4) is 0 Å². The van der Waals surface area contributed by atoms with Crippen molar-refractivity contribution in [3.05, 3.63) is 90.7 Å². The topological polar surface area (TPSA) is 24.4 Å². The molecule has 0 spiro atoms. The predicted octanol–water partition coefficient (Wildman–Crippen LogP) is 7.11. The van der Waals surface area contributed by atoms with Crippen LogP contribution in [0.15, 0.2) is 79.0 Å². The molecule has 3 rings (SSSR count). The van der Waals surface area contributed by atoms with Gasteiger partial charge in [-0.2, -0.15) is 0 Å². The summed E-state index contributed by atoms with van der Waals surface area (Å²) in [6, 6.07) is 16.7. The Hall–Kier alpha value is -2.87. The van der Waals surface area contributed by atoms with E-state index >= 15 is 0 Å². The molecule has 0 atom stereocenters. The molecule has 2 aromatic carbocycles. The van der Waals surface area contributed by atoms with E-state index in [4.69, 9.17) is 0 Å². The molecule has 0 saturated carbocycles. The highest BCUT2D eigenvalue weighted by atomic mass is 15.0. The van der Waals surface area contributed by atoms with Gasteiger partial charge in [-0.3, -0.25) is 0 Å². The molecule has 0 fully saturated rings. The van der Waals surface area contributed by atoms with Crippen LogP contribution in [-0.2, 0) is 0 Å². The van der Waals surface area contributed by atoms with Crippen LogP contribution in [0.5, 0.6) is 0 Å². The van der Waals surface area contributed by atoms with Gasteiger partial charge in [0, 0.05) is 18.3 Å². The van der Waals surface area contributed by atoms with Gasteiger partial charge in [-0.25, -0.2) is 4.99 Å². The molecule has 1 N–H and O–H groups in total. The lowest BCUT2D eigenvalue weighted by molar-refractivity contribution is 1.42. The normalized spacial score (nSPS) is 11.7. The molecule has 0 radical (unpaired) electrons. The third kappa shape index (κ3) is 6.21. The molecule has 0 aromatic heterocycles. The van der Waals surface area contributed by atoms with Crippen LogP contribution in [0.1, 0.15) is 43.9 Å². The van der Waals surface area contributed by atoms with Crippen LogP contribution in [0.25, 0.3) is 11.6 Å². The Bertz CT molecular complexity index is 768. The van der Waals surface area contributed by atoms with Crippen molar-refractivity contribution in [1.82, 2.24) is 0 Å². The van der Waals surface area contributed by atoms with E-state index in [9.17, 15) is 0 Å². The molecule has 2 aromatic rings. The van der Waals surface area contributed by atoms with E-state index in [2.05, 4.69) is 72.9 Å². The zero-order chi connectivity index (χ0) is 19.4. The SMILES string of the molecule is C=CC.C=Cc1ccc(C)cc1NC1=NC=C(c2ccccc2)C1.CC. The van der Waals surface area contributed by atoms with Crippen molar-refractivity contribution in [1.29, 1.82) is 0 Å². The summed E-state index contributed by atoms with van der Waals surface area (Å²) in [6.07, 6.45) is 6.39. The number of hydrogen-bond acceptors (Lipinski definition) is 2. The maximum absolute atomic E-state index is 4.50. The first kappa shape index (κ1) is 21.2. The van der Waals surface area contributed by atoms with E-state index < -0.39 is 0 Å². The fourth-order valence-electron chi connectivity index (χ4n) is 2.44. The molecular weight excluding hydrogens is 316 g/mol. The van der Waals surface area contributed by atoms with Crippen LogP contribution < -0.4 is 5.32 Å². The Balaban J connectivity index is 0.000000615. The lowest BCUT2D eigenvalue weighted by Gasteiger charge is -2.11. The van der Waals surface area contributed by atoms with Gasteiger partial charge in [0.05, 0.1) is 0 Å². The number of benzene rings is 2. The maximum Gasteiger partial charge on any atom is 0.110 e. The molecule has 0 unspecified atom stereocenters. The van der Waals surface area contributed by atoms with E-state index in [-0.39, 0.29) is 0 Å². The van der Waals surface area contributed by atoms with E-state index in [1.165, 1.54) is 16.7 Å². The first-order valence-electron chi connectivity index (χ1n) is 9.06. The van der Waals surface area contributed by atoms with Crippen molar-refractivity contribution in [2.45, 2.75) is 34.1 Å². The maximum atomic E-state index is 4.50. The van der Waals surface area contributed by atoms with Crippen molar-refractivity contribution >= 4 is 23.2 Å². The van der Waals surface area contributed by atoms with Crippen LogP contribution in [-0.4, -0.2) is 5.84 Å². The minimum atomic E-state index is 0.828. The van der Waals surface area contributed by atoms with Crippen molar-refractivity contribution in [2.75, 3.05) is 5.32 Å². The molecule has 0 saturated heterocycles. The quantitative estimate of drug-likeness (QED) is 0.588. The van der Waals surface area contributed by atoms with Gasteiger partial charge in [0.25, 0.3) is 0 Å². The number of rotatable bonds is 3. The lowest BCUT2D eigenvalue weighted by atomic mass is 10.0. The zero-order valence-electron chi connectivity index (χ0n) is 16.4. The number of nitrogens with one attached hydrogen (secondary N) is 1. The average Bonchev–Trinajstić information content (AvgIpc) is 3.14. The summed E-state index contributed by atoms with van der Waals surface area (Å²) in [5, 5.41) is 3.43. The van der Waals surface area contributed by atoms with Gasteiger partial charge in [0.1, 0.15) is 5.84 Å². The van der Waals surface area contributed by atoms with Gasteiger partial charge in [-0.05, 0) is 42.2 Å². The second-order valence-electron chi connectivity index (χ2n) is 5.60. The molecule has 136 valence electrons. The van der Waals surface area contributed by atoms with Gasteiger partial charge in [0.2, 0.25) is 0 Å². The first-order valence-corrected chi connectivity index (χ1v) is 9.06. The summed E-state index contributed by atoms with van der Waals surface area (Å²) < 4.78 is 0. The third-order valence-electron chi connectivity index (χ3n) is 3.59. The van der Waals surface area contributed by atoms with Crippen molar-refractivity contribution in [3.63, 3.8) is 0 Å². The number of aliphatic imine (C=N–C) groups is 1. The number of nitrogens with zero attached hydrogens (tertiary/aromatic N) is 1. The van der Waals surface area contributed by atoms with Crippen LogP contribution in [0.3, 0.4) is 0 Å². The van der Waals surface area contributed by atoms with Crippen LogP contribution in [0.2, 0.25) is 0 Å². The monoisotopic (exact) mass is 346 g/mol. The third-order valence-corrected chi connectivity index (χ3v) is 3.59. The summed E-state index contributed by atoms with van der Waals surface area (Å²) in [5.74, 6) is 0.975. The molecule has 1 aliphatic rings. The molecule has 0 amide bonds. The molecule has 0 bridgehead atoms. The largest absolute Gasteiger partial charge is 0.343 e. The minimum absolute atomic E-state index is 0.828. The van der Waals surface area contributed by atoms with E-state index in [0.717, 1.165) is 23.5 Å². The smallest absolute Gasteiger partial charge is 0.110 e. The van der Waals surface area contributed by atoms with Crippen LogP contribution in [0, 0.1) is 6.92 Å². The number of aryl methyl sites for hydroxylation is 1. The van der Waals surface area contributed by atoms with E-state index in [0.29, 0.717) is 0 Å². The second-order valence-corrected chi connectivity index (χ2v) is 5.60. The van der Waals surface area contributed by atoms with Crippen molar-refractivity contribution < 1.29 is 0 Å². The number of allylic oxidation sites excluding steroid dienone is 1. The Kier molecular flexibility index (Phi) is 9.48. The van der Waals surface area contributed by atoms with E-state index in [1.807, 2.05) is 39.1 Å². The zero-order valence-corrected chi connectivity index (χ0v) is 16.4. The summed E-state index contributed by atoms with van der Waals surface area (Å²) in [7, 11) is 0. The van der Waals surface area contributed by atoms with Gasteiger partial charge < -0.3 is 5.32 Å². The molecular formula is C24H30N2. The molecule has 0 aliphatic carbocycles.